The summed E-state index contributed by atoms with van der Waals surface area (Å²) in [6.07, 6.45) is 1.76. The van der Waals surface area contributed by atoms with Gasteiger partial charge in [-0.1, -0.05) is 11.6 Å². The molecule has 0 aliphatic carbocycles. The monoisotopic (exact) mass is 250 g/mol. The van der Waals surface area contributed by atoms with Crippen molar-refractivity contribution < 1.29 is 4.79 Å². The molecule has 1 heterocycles. The van der Waals surface area contributed by atoms with Crippen molar-refractivity contribution in [2.24, 2.45) is 5.73 Å². The molecule has 0 saturated heterocycles. The number of anilines is 1. The van der Waals surface area contributed by atoms with Crippen LogP contribution in [0.3, 0.4) is 0 Å². The molecule has 0 aliphatic heterocycles. The maximum atomic E-state index is 11.0. The average molecular weight is 251 g/mol. The highest BCUT2D eigenvalue weighted by Gasteiger charge is 2.09. The second kappa shape index (κ2) is 4.10. The lowest BCUT2D eigenvalue weighted by Crippen LogP contribution is -2.11. The van der Waals surface area contributed by atoms with Crippen molar-refractivity contribution in [2.45, 2.75) is 6.92 Å². The lowest BCUT2D eigenvalue weighted by atomic mass is 10.2. The van der Waals surface area contributed by atoms with Crippen LogP contribution in [0, 0.1) is 6.92 Å². The van der Waals surface area contributed by atoms with Crippen LogP contribution in [0.1, 0.15) is 15.9 Å². The van der Waals surface area contributed by atoms with Crippen LogP contribution in [0.2, 0.25) is 5.02 Å². The number of benzene rings is 1. The molecule has 2 rings (SSSR count). The van der Waals surface area contributed by atoms with Crippen molar-refractivity contribution in [3.63, 3.8) is 0 Å². The first-order valence-electron chi connectivity index (χ1n) is 4.90. The van der Waals surface area contributed by atoms with Crippen LogP contribution in [0.4, 0.5) is 5.82 Å². The number of nitrogens with two attached hydrogens (primary N) is 2. The summed E-state index contributed by atoms with van der Waals surface area (Å²) in [4.78, 5) is 11.0. The minimum Gasteiger partial charge on any atom is -0.382 e. The van der Waals surface area contributed by atoms with E-state index in [1.807, 2.05) is 6.92 Å². The van der Waals surface area contributed by atoms with Crippen LogP contribution in [-0.4, -0.2) is 15.7 Å². The number of carbonyl (C=O) groups is 1. The van der Waals surface area contributed by atoms with Crippen molar-refractivity contribution in [1.29, 1.82) is 0 Å². The molecule has 0 radical (unpaired) electrons. The van der Waals surface area contributed by atoms with Crippen LogP contribution >= 0.6 is 11.6 Å². The molecule has 0 bridgehead atoms. The van der Waals surface area contributed by atoms with E-state index in [2.05, 4.69) is 5.10 Å². The Morgan fingerprint density at radius 3 is 2.65 bits per heavy atom. The summed E-state index contributed by atoms with van der Waals surface area (Å²) in [7, 11) is 0. The van der Waals surface area contributed by atoms with E-state index in [-0.39, 0.29) is 0 Å². The molecule has 2 aromatic rings. The molecular formula is C11H11ClN4O. The third kappa shape index (κ3) is 2.09. The molecule has 0 atom stereocenters. The van der Waals surface area contributed by atoms with E-state index in [1.54, 1.807) is 23.0 Å². The predicted octanol–water partition coefficient (Wildman–Crippen LogP) is 1.52. The first-order valence-corrected chi connectivity index (χ1v) is 5.28. The molecular weight excluding hydrogens is 240 g/mol. The zero-order chi connectivity index (χ0) is 12.6. The van der Waals surface area contributed by atoms with E-state index in [0.29, 0.717) is 22.1 Å². The summed E-state index contributed by atoms with van der Waals surface area (Å²) in [5, 5.41) is 4.50. The van der Waals surface area contributed by atoms with Gasteiger partial charge in [0.1, 0.15) is 5.82 Å². The van der Waals surface area contributed by atoms with Gasteiger partial charge in [-0.25, -0.2) is 4.68 Å². The number of hydrogen-bond donors (Lipinski definition) is 2. The fourth-order valence-electron chi connectivity index (χ4n) is 1.44. The second-order valence-electron chi connectivity index (χ2n) is 3.67. The van der Waals surface area contributed by atoms with E-state index < -0.39 is 5.91 Å². The molecule has 6 heteroatoms. The highest BCUT2D eigenvalue weighted by molar-refractivity contribution is 6.32. The average Bonchev–Trinajstić information content (AvgIpc) is 2.58. The Balaban J connectivity index is 2.50. The molecule has 17 heavy (non-hydrogen) atoms. The Hall–Kier alpha value is -2.01. The van der Waals surface area contributed by atoms with Gasteiger partial charge in [-0.15, -0.1) is 0 Å². The van der Waals surface area contributed by atoms with Crippen molar-refractivity contribution in [3.05, 3.63) is 40.5 Å². The number of rotatable bonds is 2. The molecule has 5 nitrogen and oxygen atoms in total. The number of amides is 1. The number of hydrogen-bond acceptors (Lipinski definition) is 3. The summed E-state index contributed by atoms with van der Waals surface area (Å²) in [6.45, 7) is 1.85. The second-order valence-corrected chi connectivity index (χ2v) is 4.08. The van der Waals surface area contributed by atoms with Gasteiger partial charge in [0.15, 0.2) is 0 Å². The summed E-state index contributed by atoms with van der Waals surface area (Å²) in [5.74, 6) is -0.0744. The number of aryl methyl sites for hydroxylation is 1. The number of nitrogens with zero attached hydrogens (tertiary/aromatic N) is 2. The normalized spacial score (nSPS) is 10.5. The van der Waals surface area contributed by atoms with Crippen LogP contribution in [0.5, 0.6) is 0 Å². The highest BCUT2D eigenvalue weighted by atomic mass is 35.5. The first kappa shape index (κ1) is 11.5. The van der Waals surface area contributed by atoms with Crippen molar-refractivity contribution in [1.82, 2.24) is 9.78 Å². The van der Waals surface area contributed by atoms with E-state index in [0.717, 1.165) is 5.56 Å². The van der Waals surface area contributed by atoms with Crippen LogP contribution in [-0.2, 0) is 0 Å². The number of nitrogen functional groups attached to an aromatic ring is 1. The third-order valence-corrected chi connectivity index (χ3v) is 2.72. The Bertz CT molecular complexity index is 572. The number of aromatic nitrogens is 2. The Morgan fingerprint density at radius 2 is 2.18 bits per heavy atom. The molecule has 1 aromatic carbocycles. The SMILES string of the molecule is Cc1cn(-c2ccc(C(N)=O)cc2Cl)nc1N. The molecule has 0 saturated carbocycles. The maximum Gasteiger partial charge on any atom is 0.248 e. The van der Waals surface area contributed by atoms with E-state index in [1.165, 1.54) is 6.07 Å². The molecule has 4 N–H and O–H groups in total. The summed E-state index contributed by atoms with van der Waals surface area (Å²) < 4.78 is 1.57. The fourth-order valence-corrected chi connectivity index (χ4v) is 1.71. The summed E-state index contributed by atoms with van der Waals surface area (Å²) in [6, 6.07) is 4.78. The minimum atomic E-state index is -0.519. The van der Waals surface area contributed by atoms with Crippen LogP contribution in [0.25, 0.3) is 5.69 Å². The van der Waals surface area contributed by atoms with Gasteiger partial charge >= 0.3 is 0 Å². The number of carbonyl (C=O) groups excluding carboxylic acids is 1. The van der Waals surface area contributed by atoms with Gasteiger partial charge in [0.25, 0.3) is 0 Å². The Morgan fingerprint density at radius 1 is 1.47 bits per heavy atom. The van der Waals surface area contributed by atoms with Gasteiger partial charge in [-0.05, 0) is 25.1 Å². The lowest BCUT2D eigenvalue weighted by Gasteiger charge is -2.05. The maximum absolute atomic E-state index is 11.0. The fraction of sp³-hybridized carbons (Fsp3) is 0.0909. The molecule has 88 valence electrons. The van der Waals surface area contributed by atoms with Gasteiger partial charge < -0.3 is 11.5 Å². The number of halogens is 1. The van der Waals surface area contributed by atoms with E-state index >= 15 is 0 Å². The standard InChI is InChI=1S/C11H11ClN4O/c1-6-5-16(15-10(6)13)9-3-2-7(11(14)17)4-8(9)12/h2-5H,1H3,(H2,13,15)(H2,14,17). The van der Waals surface area contributed by atoms with Gasteiger partial charge in [-0.2, -0.15) is 5.10 Å². The molecule has 0 spiro atoms. The van der Waals surface area contributed by atoms with Gasteiger partial charge in [0.2, 0.25) is 5.91 Å². The van der Waals surface area contributed by atoms with Crippen molar-refractivity contribution in [3.8, 4) is 5.69 Å². The third-order valence-electron chi connectivity index (χ3n) is 2.41. The Kier molecular flexibility index (Phi) is 2.77. The molecule has 0 fully saturated rings. The van der Waals surface area contributed by atoms with Gasteiger partial charge in [0, 0.05) is 17.3 Å². The number of primary amides is 1. The zero-order valence-corrected chi connectivity index (χ0v) is 9.90. The first-order chi connectivity index (χ1) is 7.99. The largest absolute Gasteiger partial charge is 0.382 e. The molecule has 1 aromatic heterocycles. The summed E-state index contributed by atoms with van der Waals surface area (Å²) >= 11 is 6.06. The van der Waals surface area contributed by atoms with Crippen molar-refractivity contribution >= 4 is 23.3 Å². The van der Waals surface area contributed by atoms with E-state index in [4.69, 9.17) is 23.1 Å². The molecule has 0 aliphatic rings. The van der Waals surface area contributed by atoms with Crippen LogP contribution < -0.4 is 11.5 Å². The zero-order valence-electron chi connectivity index (χ0n) is 9.14. The topological polar surface area (TPSA) is 86.9 Å². The molecule has 1 amide bonds. The van der Waals surface area contributed by atoms with E-state index in [9.17, 15) is 4.79 Å². The van der Waals surface area contributed by atoms with Gasteiger partial charge in [-0.3, -0.25) is 4.79 Å². The smallest absolute Gasteiger partial charge is 0.248 e. The Labute approximate surface area is 103 Å². The minimum absolute atomic E-state index is 0.357. The van der Waals surface area contributed by atoms with Crippen LogP contribution in [0.15, 0.2) is 24.4 Å². The highest BCUT2D eigenvalue weighted by Crippen LogP contribution is 2.22. The molecule has 0 unspecified atom stereocenters. The predicted molar refractivity (Wildman–Crippen MR) is 66.2 cm³/mol. The lowest BCUT2D eigenvalue weighted by molar-refractivity contribution is 0.100. The summed E-state index contributed by atoms with van der Waals surface area (Å²) in [5.41, 5.74) is 12.7. The van der Waals surface area contributed by atoms with Crippen molar-refractivity contribution in [2.75, 3.05) is 5.73 Å². The van der Waals surface area contributed by atoms with Gasteiger partial charge in [0.05, 0.1) is 10.7 Å². The quantitative estimate of drug-likeness (QED) is 0.847.